The standard InChI is InChI=1S/C9H16N4/c1-8-5-9(3-4-12(8)2)13-6-10-11-7-13/h6-9H,3-5H2,1-2H3. The summed E-state index contributed by atoms with van der Waals surface area (Å²) in [5, 5.41) is 7.68. The lowest BCUT2D eigenvalue weighted by atomic mass is 9.99. The fraction of sp³-hybridized carbons (Fsp3) is 0.778. The van der Waals surface area contributed by atoms with Gasteiger partial charge < -0.3 is 9.47 Å². The topological polar surface area (TPSA) is 34.0 Å². The molecule has 0 spiro atoms. The molecule has 0 amide bonds. The fourth-order valence-corrected chi connectivity index (χ4v) is 1.93. The van der Waals surface area contributed by atoms with E-state index in [1.807, 2.05) is 12.7 Å². The van der Waals surface area contributed by atoms with Gasteiger partial charge in [0.2, 0.25) is 0 Å². The molecule has 1 fully saturated rings. The monoisotopic (exact) mass is 180 g/mol. The summed E-state index contributed by atoms with van der Waals surface area (Å²) in [5.41, 5.74) is 0. The maximum absolute atomic E-state index is 3.84. The maximum atomic E-state index is 3.84. The van der Waals surface area contributed by atoms with E-state index in [1.165, 1.54) is 19.4 Å². The number of likely N-dealkylation sites (tertiary alicyclic amines) is 1. The highest BCUT2D eigenvalue weighted by Gasteiger charge is 2.23. The van der Waals surface area contributed by atoms with Crippen LogP contribution in [-0.4, -0.2) is 39.3 Å². The average Bonchev–Trinajstić information content (AvgIpc) is 2.62. The quantitative estimate of drug-likeness (QED) is 0.645. The molecule has 1 aromatic heterocycles. The molecule has 1 saturated heterocycles. The lowest BCUT2D eigenvalue weighted by Crippen LogP contribution is -2.38. The minimum absolute atomic E-state index is 0.598. The Bertz CT molecular complexity index is 257. The number of aromatic nitrogens is 3. The third-order valence-corrected chi connectivity index (χ3v) is 3.04. The fourth-order valence-electron chi connectivity index (χ4n) is 1.93. The van der Waals surface area contributed by atoms with Gasteiger partial charge in [-0.15, -0.1) is 10.2 Å². The Balaban J connectivity index is 2.03. The van der Waals surface area contributed by atoms with Gasteiger partial charge >= 0.3 is 0 Å². The second-order valence-corrected chi connectivity index (χ2v) is 3.92. The second kappa shape index (κ2) is 3.46. The second-order valence-electron chi connectivity index (χ2n) is 3.92. The van der Waals surface area contributed by atoms with E-state index < -0.39 is 0 Å². The van der Waals surface area contributed by atoms with Crippen molar-refractivity contribution in [2.45, 2.75) is 31.8 Å². The van der Waals surface area contributed by atoms with Crippen molar-refractivity contribution in [3.63, 3.8) is 0 Å². The number of hydrogen-bond donors (Lipinski definition) is 0. The van der Waals surface area contributed by atoms with Crippen LogP contribution in [0.5, 0.6) is 0 Å². The van der Waals surface area contributed by atoms with Crippen molar-refractivity contribution in [1.29, 1.82) is 0 Å². The zero-order chi connectivity index (χ0) is 9.26. The van der Waals surface area contributed by atoms with Gasteiger partial charge in [0.25, 0.3) is 0 Å². The van der Waals surface area contributed by atoms with Gasteiger partial charge in [0.1, 0.15) is 12.7 Å². The summed E-state index contributed by atoms with van der Waals surface area (Å²) in [6.45, 7) is 3.44. The normalized spacial score (nSPS) is 30.6. The maximum Gasteiger partial charge on any atom is 0.119 e. The molecule has 2 unspecified atom stereocenters. The smallest absolute Gasteiger partial charge is 0.119 e. The summed E-state index contributed by atoms with van der Waals surface area (Å²) >= 11 is 0. The predicted octanol–water partition coefficient (Wildman–Crippen LogP) is 0.933. The van der Waals surface area contributed by atoms with Gasteiger partial charge in [-0.1, -0.05) is 0 Å². The van der Waals surface area contributed by atoms with Crippen LogP contribution in [-0.2, 0) is 0 Å². The van der Waals surface area contributed by atoms with E-state index in [2.05, 4.69) is 33.6 Å². The van der Waals surface area contributed by atoms with Crippen LogP contribution in [0.1, 0.15) is 25.8 Å². The van der Waals surface area contributed by atoms with Crippen molar-refractivity contribution >= 4 is 0 Å². The summed E-state index contributed by atoms with van der Waals surface area (Å²) in [4.78, 5) is 2.40. The van der Waals surface area contributed by atoms with Gasteiger partial charge in [0.05, 0.1) is 0 Å². The first-order valence-electron chi connectivity index (χ1n) is 4.81. The molecule has 2 heterocycles. The van der Waals surface area contributed by atoms with Crippen molar-refractivity contribution in [3.8, 4) is 0 Å². The Hall–Kier alpha value is -0.900. The Morgan fingerprint density at radius 3 is 2.62 bits per heavy atom. The highest BCUT2D eigenvalue weighted by molar-refractivity contribution is 4.82. The van der Waals surface area contributed by atoms with E-state index in [0.29, 0.717) is 12.1 Å². The molecule has 1 aromatic rings. The van der Waals surface area contributed by atoms with E-state index in [0.717, 1.165) is 0 Å². The average molecular weight is 180 g/mol. The van der Waals surface area contributed by atoms with Crippen LogP contribution in [0, 0.1) is 0 Å². The van der Waals surface area contributed by atoms with E-state index in [1.54, 1.807) is 0 Å². The molecule has 0 bridgehead atoms. The molecular formula is C9H16N4. The van der Waals surface area contributed by atoms with Crippen molar-refractivity contribution in [2.24, 2.45) is 0 Å². The third-order valence-electron chi connectivity index (χ3n) is 3.04. The van der Waals surface area contributed by atoms with Crippen LogP contribution >= 0.6 is 0 Å². The van der Waals surface area contributed by atoms with Gasteiger partial charge in [-0.25, -0.2) is 0 Å². The summed E-state index contributed by atoms with van der Waals surface area (Å²) < 4.78 is 2.13. The highest BCUT2D eigenvalue weighted by atomic mass is 15.3. The summed E-state index contributed by atoms with van der Waals surface area (Å²) in [6, 6.07) is 1.27. The first-order chi connectivity index (χ1) is 6.27. The summed E-state index contributed by atoms with van der Waals surface area (Å²) in [6.07, 6.45) is 6.05. The van der Waals surface area contributed by atoms with Crippen molar-refractivity contribution in [3.05, 3.63) is 12.7 Å². The van der Waals surface area contributed by atoms with Crippen LogP contribution in [0.15, 0.2) is 12.7 Å². The lowest BCUT2D eigenvalue weighted by Gasteiger charge is -2.35. The van der Waals surface area contributed by atoms with Crippen LogP contribution in [0.2, 0.25) is 0 Å². The zero-order valence-corrected chi connectivity index (χ0v) is 8.22. The van der Waals surface area contributed by atoms with Crippen LogP contribution in [0.4, 0.5) is 0 Å². The van der Waals surface area contributed by atoms with Gasteiger partial charge in [0, 0.05) is 18.6 Å². The minimum Gasteiger partial charge on any atom is -0.317 e. The Labute approximate surface area is 78.6 Å². The summed E-state index contributed by atoms with van der Waals surface area (Å²) in [7, 11) is 2.19. The SMILES string of the molecule is CC1CC(n2cnnc2)CCN1C. The molecule has 0 saturated carbocycles. The van der Waals surface area contributed by atoms with Gasteiger partial charge in [-0.05, 0) is 26.8 Å². The van der Waals surface area contributed by atoms with E-state index in [-0.39, 0.29) is 0 Å². The number of nitrogens with zero attached hydrogens (tertiary/aromatic N) is 4. The van der Waals surface area contributed by atoms with Crippen molar-refractivity contribution in [2.75, 3.05) is 13.6 Å². The Kier molecular flexibility index (Phi) is 2.31. The molecule has 0 N–H and O–H groups in total. The van der Waals surface area contributed by atoms with Crippen molar-refractivity contribution in [1.82, 2.24) is 19.7 Å². The zero-order valence-electron chi connectivity index (χ0n) is 8.22. The van der Waals surface area contributed by atoms with Gasteiger partial charge in [-0.2, -0.15) is 0 Å². The molecule has 2 rings (SSSR count). The molecule has 0 radical (unpaired) electrons. The Morgan fingerprint density at radius 1 is 1.31 bits per heavy atom. The minimum atomic E-state index is 0.598. The molecule has 0 aromatic carbocycles. The number of hydrogen-bond acceptors (Lipinski definition) is 3. The van der Waals surface area contributed by atoms with E-state index in [9.17, 15) is 0 Å². The Morgan fingerprint density at radius 2 is 2.00 bits per heavy atom. The third kappa shape index (κ3) is 1.72. The van der Waals surface area contributed by atoms with E-state index >= 15 is 0 Å². The van der Waals surface area contributed by atoms with Crippen molar-refractivity contribution < 1.29 is 0 Å². The molecular weight excluding hydrogens is 164 g/mol. The molecule has 72 valence electrons. The molecule has 0 aliphatic carbocycles. The lowest BCUT2D eigenvalue weighted by molar-refractivity contribution is 0.156. The van der Waals surface area contributed by atoms with Crippen LogP contribution < -0.4 is 0 Å². The highest BCUT2D eigenvalue weighted by Crippen LogP contribution is 2.24. The van der Waals surface area contributed by atoms with E-state index in [4.69, 9.17) is 0 Å². The number of piperidine rings is 1. The largest absolute Gasteiger partial charge is 0.317 e. The predicted molar refractivity (Wildman–Crippen MR) is 50.4 cm³/mol. The molecule has 4 heteroatoms. The molecule has 2 atom stereocenters. The van der Waals surface area contributed by atoms with Crippen LogP contribution in [0.25, 0.3) is 0 Å². The van der Waals surface area contributed by atoms with Gasteiger partial charge in [0.15, 0.2) is 0 Å². The van der Waals surface area contributed by atoms with Crippen LogP contribution in [0.3, 0.4) is 0 Å². The molecule has 1 aliphatic heterocycles. The first kappa shape index (κ1) is 8.69. The number of rotatable bonds is 1. The molecule has 13 heavy (non-hydrogen) atoms. The van der Waals surface area contributed by atoms with Gasteiger partial charge in [-0.3, -0.25) is 0 Å². The summed E-state index contributed by atoms with van der Waals surface area (Å²) in [5.74, 6) is 0. The molecule has 4 nitrogen and oxygen atoms in total. The first-order valence-corrected chi connectivity index (χ1v) is 4.81. The molecule has 1 aliphatic rings.